The second-order valence-corrected chi connectivity index (χ2v) is 13.3. The molecule has 48 heavy (non-hydrogen) atoms. The Morgan fingerprint density at radius 1 is 1.02 bits per heavy atom. The average molecular weight is 672 g/mol. The summed E-state index contributed by atoms with van der Waals surface area (Å²) in [6.07, 6.45) is 3.17. The summed E-state index contributed by atoms with van der Waals surface area (Å²) >= 11 is 6.65. The minimum absolute atomic E-state index is 0.123. The molecule has 0 saturated carbocycles. The van der Waals surface area contributed by atoms with E-state index in [2.05, 4.69) is 10.3 Å². The number of benzene rings is 2. The van der Waals surface area contributed by atoms with Crippen LogP contribution in [0.15, 0.2) is 65.7 Å². The van der Waals surface area contributed by atoms with Crippen LogP contribution in [-0.4, -0.2) is 70.8 Å². The summed E-state index contributed by atoms with van der Waals surface area (Å²) in [5.41, 5.74) is 3.72. The Labute approximate surface area is 283 Å². The molecule has 2 amide bonds. The Kier molecular flexibility index (Phi) is 9.28. The number of aliphatic hydroxyl groups is 1. The van der Waals surface area contributed by atoms with Gasteiger partial charge in [-0.25, -0.2) is 4.98 Å². The summed E-state index contributed by atoms with van der Waals surface area (Å²) in [4.78, 5) is 47.7. The van der Waals surface area contributed by atoms with Crippen molar-refractivity contribution >= 4 is 40.6 Å². The average Bonchev–Trinajstić information content (AvgIpc) is 3.23. The van der Waals surface area contributed by atoms with Crippen molar-refractivity contribution < 1.29 is 24.2 Å². The number of nitrogens with one attached hydrogen (secondary N) is 1. The Morgan fingerprint density at radius 3 is 2.48 bits per heavy atom. The molecular formula is C36H38ClN5O6. The second kappa shape index (κ2) is 13.4. The van der Waals surface area contributed by atoms with Gasteiger partial charge in [-0.2, -0.15) is 0 Å². The quantitative estimate of drug-likeness (QED) is 0.289. The number of ether oxygens (including phenoxy) is 2. The molecule has 2 aliphatic rings. The Morgan fingerprint density at radius 2 is 1.79 bits per heavy atom. The maximum Gasteiger partial charge on any atom is 0.274 e. The Balaban J connectivity index is 1.31. The van der Waals surface area contributed by atoms with Crippen LogP contribution < -0.4 is 20.5 Å². The number of nitrogens with zero attached hydrogens (tertiary/aromatic N) is 4. The summed E-state index contributed by atoms with van der Waals surface area (Å²) in [5.74, 6) is 0.448. The van der Waals surface area contributed by atoms with Gasteiger partial charge in [-0.15, -0.1) is 0 Å². The SMILES string of the molecule is Cn1cc(-c2cccc(N3CCOc4cc(C(C)(C)C)c(Cl)cc4C3=O)c2CO)cc(Nc2ccc(C(=O)N3CCOCC3)cn2)c1=O. The number of rotatable bonds is 6. The summed E-state index contributed by atoms with van der Waals surface area (Å²) in [6.45, 7) is 8.34. The zero-order valence-corrected chi connectivity index (χ0v) is 28.1. The third-order valence-corrected chi connectivity index (χ3v) is 8.90. The van der Waals surface area contributed by atoms with Crippen LogP contribution in [0, 0.1) is 0 Å². The minimum atomic E-state index is -0.363. The zero-order chi connectivity index (χ0) is 34.2. The lowest BCUT2D eigenvalue weighted by atomic mass is 9.86. The van der Waals surface area contributed by atoms with Gasteiger partial charge >= 0.3 is 0 Å². The van der Waals surface area contributed by atoms with Crippen LogP contribution in [0.3, 0.4) is 0 Å². The molecular weight excluding hydrogens is 634 g/mol. The van der Waals surface area contributed by atoms with E-state index in [1.165, 1.54) is 10.8 Å². The number of fused-ring (bicyclic) bond motifs is 1. The number of aromatic nitrogens is 2. The number of aryl methyl sites for hydroxylation is 1. The normalized spacial score (nSPS) is 15.1. The molecule has 12 heteroatoms. The highest BCUT2D eigenvalue weighted by Crippen LogP contribution is 2.39. The van der Waals surface area contributed by atoms with Crippen LogP contribution in [0.5, 0.6) is 5.75 Å². The molecule has 1 saturated heterocycles. The van der Waals surface area contributed by atoms with E-state index in [-0.39, 0.29) is 48.2 Å². The molecule has 0 bridgehead atoms. The first kappa shape index (κ1) is 33.2. The third-order valence-electron chi connectivity index (χ3n) is 8.59. The topological polar surface area (TPSA) is 126 Å². The van der Waals surface area contributed by atoms with Gasteiger partial charge in [0.25, 0.3) is 17.4 Å². The Hall–Kier alpha value is -4.71. The number of aliphatic hydroxyl groups excluding tert-OH is 1. The van der Waals surface area contributed by atoms with Gasteiger partial charge < -0.3 is 34.3 Å². The van der Waals surface area contributed by atoms with Crippen molar-refractivity contribution in [3.8, 4) is 16.9 Å². The molecule has 1 fully saturated rings. The molecule has 4 aromatic rings. The lowest BCUT2D eigenvalue weighted by Gasteiger charge is -2.26. The molecule has 4 heterocycles. The molecule has 0 radical (unpaired) electrons. The van der Waals surface area contributed by atoms with Crippen LogP contribution in [0.1, 0.15) is 52.6 Å². The summed E-state index contributed by atoms with van der Waals surface area (Å²) in [7, 11) is 1.64. The van der Waals surface area contributed by atoms with Gasteiger partial charge in [0.15, 0.2) is 0 Å². The number of pyridine rings is 2. The van der Waals surface area contributed by atoms with E-state index in [0.29, 0.717) is 76.4 Å². The van der Waals surface area contributed by atoms with Crippen molar-refractivity contribution in [3.05, 3.63) is 98.6 Å². The fourth-order valence-corrected chi connectivity index (χ4v) is 6.48. The lowest BCUT2D eigenvalue weighted by molar-refractivity contribution is 0.0302. The summed E-state index contributed by atoms with van der Waals surface area (Å²) < 4.78 is 12.8. The van der Waals surface area contributed by atoms with Crippen LogP contribution >= 0.6 is 11.6 Å². The first-order chi connectivity index (χ1) is 23.0. The van der Waals surface area contributed by atoms with E-state index >= 15 is 0 Å². The van der Waals surface area contributed by atoms with E-state index in [1.807, 2.05) is 39.0 Å². The number of carbonyl (C=O) groups is 2. The monoisotopic (exact) mass is 671 g/mol. The molecule has 0 unspecified atom stereocenters. The fourth-order valence-electron chi connectivity index (χ4n) is 6.03. The van der Waals surface area contributed by atoms with Crippen molar-refractivity contribution in [1.29, 1.82) is 0 Å². The number of halogens is 1. The van der Waals surface area contributed by atoms with Crippen LogP contribution in [0.4, 0.5) is 17.2 Å². The maximum absolute atomic E-state index is 14.0. The fraction of sp³-hybridized carbons (Fsp3) is 0.333. The van der Waals surface area contributed by atoms with Gasteiger partial charge in [-0.1, -0.05) is 44.5 Å². The van der Waals surface area contributed by atoms with E-state index in [1.54, 1.807) is 53.4 Å². The van der Waals surface area contributed by atoms with Gasteiger partial charge in [-0.3, -0.25) is 14.4 Å². The highest BCUT2D eigenvalue weighted by Gasteiger charge is 2.30. The standard InChI is InChI=1S/C36H38ClN5O6/c1-36(2,3)27-18-31-25(17-28(27)37)34(45)42(12-15-48-31)30-7-5-6-24(26(30)21-43)23-16-29(35(46)40(4)20-23)39-32-9-8-22(19-38-32)33(44)41-10-13-47-14-11-41/h5-9,16-20,43H,10-15,21H2,1-4H3,(H,38,39). The number of morpholine rings is 1. The lowest BCUT2D eigenvalue weighted by Crippen LogP contribution is -2.40. The Bertz CT molecular complexity index is 1930. The van der Waals surface area contributed by atoms with Gasteiger partial charge in [0.2, 0.25) is 0 Å². The van der Waals surface area contributed by atoms with Crippen LogP contribution in [0.25, 0.3) is 11.1 Å². The first-order valence-corrected chi connectivity index (χ1v) is 16.2. The predicted octanol–water partition coefficient (Wildman–Crippen LogP) is 5.15. The van der Waals surface area contributed by atoms with Gasteiger partial charge in [0.1, 0.15) is 23.9 Å². The smallest absolute Gasteiger partial charge is 0.274 e. The molecule has 2 aromatic carbocycles. The van der Waals surface area contributed by atoms with Crippen molar-refractivity contribution in [2.45, 2.75) is 32.8 Å². The van der Waals surface area contributed by atoms with Crippen LogP contribution in [-0.2, 0) is 23.8 Å². The van der Waals surface area contributed by atoms with E-state index in [0.717, 1.165) is 5.56 Å². The largest absolute Gasteiger partial charge is 0.491 e. The highest BCUT2D eigenvalue weighted by molar-refractivity contribution is 6.32. The number of hydrogen-bond acceptors (Lipinski definition) is 8. The summed E-state index contributed by atoms with van der Waals surface area (Å²) in [5, 5.41) is 14.3. The minimum Gasteiger partial charge on any atom is -0.491 e. The number of anilines is 3. The van der Waals surface area contributed by atoms with Crippen molar-refractivity contribution in [3.63, 3.8) is 0 Å². The van der Waals surface area contributed by atoms with E-state index in [9.17, 15) is 19.5 Å². The van der Waals surface area contributed by atoms with Crippen molar-refractivity contribution in [1.82, 2.24) is 14.5 Å². The molecule has 250 valence electrons. The highest BCUT2D eigenvalue weighted by atomic mass is 35.5. The van der Waals surface area contributed by atoms with Crippen molar-refractivity contribution in [2.24, 2.45) is 7.05 Å². The zero-order valence-electron chi connectivity index (χ0n) is 27.4. The van der Waals surface area contributed by atoms with E-state index in [4.69, 9.17) is 21.1 Å². The number of carbonyl (C=O) groups excluding carboxylic acids is 2. The molecule has 2 aromatic heterocycles. The summed E-state index contributed by atoms with van der Waals surface area (Å²) in [6, 6.07) is 13.9. The molecule has 2 N–H and O–H groups in total. The van der Waals surface area contributed by atoms with Gasteiger partial charge in [0.05, 0.1) is 43.2 Å². The van der Waals surface area contributed by atoms with Crippen LogP contribution in [0.2, 0.25) is 5.02 Å². The second-order valence-electron chi connectivity index (χ2n) is 12.9. The number of hydrogen-bond donors (Lipinski definition) is 2. The first-order valence-electron chi connectivity index (χ1n) is 15.8. The molecule has 11 nitrogen and oxygen atoms in total. The predicted molar refractivity (Wildman–Crippen MR) is 185 cm³/mol. The maximum atomic E-state index is 14.0. The number of amides is 2. The molecule has 0 aliphatic carbocycles. The molecule has 0 atom stereocenters. The van der Waals surface area contributed by atoms with Gasteiger partial charge in [-0.05, 0) is 52.9 Å². The molecule has 6 rings (SSSR count). The molecule has 2 aliphatic heterocycles. The van der Waals surface area contributed by atoms with Gasteiger partial charge in [0, 0.05) is 48.7 Å². The third kappa shape index (κ3) is 6.53. The molecule has 0 spiro atoms. The van der Waals surface area contributed by atoms with Crippen molar-refractivity contribution in [2.75, 3.05) is 49.7 Å². The van der Waals surface area contributed by atoms with E-state index < -0.39 is 0 Å².